The van der Waals surface area contributed by atoms with E-state index in [1.54, 1.807) is 11.1 Å². The Morgan fingerprint density at radius 2 is 2.21 bits per heavy atom. The minimum atomic E-state index is -0.645. The lowest BCUT2D eigenvalue weighted by atomic mass is 10.1. The maximum absolute atomic E-state index is 12.0. The van der Waals surface area contributed by atoms with Crippen molar-refractivity contribution in [1.82, 2.24) is 9.78 Å². The number of esters is 1. The summed E-state index contributed by atoms with van der Waals surface area (Å²) in [5, 5.41) is 4.08. The van der Waals surface area contributed by atoms with E-state index in [-0.39, 0.29) is 5.56 Å². The molecule has 0 amide bonds. The van der Waals surface area contributed by atoms with Crippen molar-refractivity contribution in [3.63, 3.8) is 0 Å². The van der Waals surface area contributed by atoms with Gasteiger partial charge in [-0.2, -0.15) is 5.10 Å². The third-order valence-electron chi connectivity index (χ3n) is 2.93. The van der Waals surface area contributed by atoms with Crippen molar-refractivity contribution in [2.45, 2.75) is 32.2 Å². The molecule has 0 saturated heterocycles. The summed E-state index contributed by atoms with van der Waals surface area (Å²) in [6.07, 6.45) is 3.90. The largest absolute Gasteiger partial charge is 0.467 e. The quantitative estimate of drug-likeness (QED) is 0.725. The zero-order valence-electron chi connectivity index (χ0n) is 11.9. The number of carbonyl (C=O) groups is 1. The zero-order valence-corrected chi connectivity index (χ0v) is 11.9. The van der Waals surface area contributed by atoms with Crippen LogP contribution >= 0.6 is 0 Å². The van der Waals surface area contributed by atoms with Gasteiger partial charge in [-0.1, -0.05) is 19.8 Å². The lowest BCUT2D eigenvalue weighted by Crippen LogP contribution is -2.33. The number of carbonyl (C=O) groups excluding carboxylic acids is 1. The predicted octanol–water partition coefficient (Wildman–Crippen LogP) is 1.21. The fourth-order valence-corrected chi connectivity index (χ4v) is 1.76. The Hall–Kier alpha value is -1.85. The first kappa shape index (κ1) is 15.2. The highest BCUT2D eigenvalue weighted by Crippen LogP contribution is 2.15. The van der Waals surface area contributed by atoms with Crippen molar-refractivity contribution in [2.24, 2.45) is 0 Å². The molecule has 19 heavy (non-hydrogen) atoms. The molecule has 6 nitrogen and oxygen atoms in total. The molecule has 1 rings (SSSR count). The summed E-state index contributed by atoms with van der Waals surface area (Å²) < 4.78 is 5.95. The Labute approximate surface area is 113 Å². The highest BCUT2D eigenvalue weighted by atomic mass is 16.5. The number of ether oxygens (including phenoxy) is 1. The summed E-state index contributed by atoms with van der Waals surface area (Å²) in [6.45, 7) is 2.03. The van der Waals surface area contributed by atoms with Gasteiger partial charge >= 0.3 is 5.97 Å². The van der Waals surface area contributed by atoms with Crippen LogP contribution < -0.4 is 10.5 Å². The molecule has 1 aromatic heterocycles. The van der Waals surface area contributed by atoms with E-state index in [4.69, 9.17) is 4.74 Å². The monoisotopic (exact) mass is 267 g/mol. The molecule has 1 aromatic rings. The Kier molecular flexibility index (Phi) is 5.54. The van der Waals surface area contributed by atoms with Crippen LogP contribution in [-0.4, -0.2) is 37.0 Å². The molecule has 0 aliphatic carbocycles. The number of anilines is 1. The Bertz CT molecular complexity index is 482. The van der Waals surface area contributed by atoms with E-state index in [9.17, 15) is 9.59 Å². The third-order valence-corrected chi connectivity index (χ3v) is 2.93. The average Bonchev–Trinajstić information content (AvgIpc) is 2.39. The molecule has 0 fully saturated rings. The number of methoxy groups -OCH3 is 1. The molecule has 0 bridgehead atoms. The van der Waals surface area contributed by atoms with Gasteiger partial charge in [-0.15, -0.1) is 0 Å². The summed E-state index contributed by atoms with van der Waals surface area (Å²) in [6, 6.07) is 0.822. The minimum Gasteiger partial charge on any atom is -0.467 e. The van der Waals surface area contributed by atoms with Gasteiger partial charge in [-0.25, -0.2) is 9.48 Å². The molecule has 0 unspecified atom stereocenters. The average molecular weight is 267 g/mol. The van der Waals surface area contributed by atoms with Gasteiger partial charge < -0.3 is 9.64 Å². The second-order valence-corrected chi connectivity index (χ2v) is 4.57. The van der Waals surface area contributed by atoms with Gasteiger partial charge in [0.15, 0.2) is 6.04 Å². The van der Waals surface area contributed by atoms with Crippen molar-refractivity contribution in [3.8, 4) is 0 Å². The van der Waals surface area contributed by atoms with Gasteiger partial charge in [0.1, 0.15) is 0 Å². The topological polar surface area (TPSA) is 64.4 Å². The van der Waals surface area contributed by atoms with Gasteiger partial charge in [-0.3, -0.25) is 4.79 Å². The van der Waals surface area contributed by atoms with E-state index in [1.807, 2.05) is 21.0 Å². The van der Waals surface area contributed by atoms with Crippen LogP contribution in [0.3, 0.4) is 0 Å². The van der Waals surface area contributed by atoms with Crippen LogP contribution in [0.25, 0.3) is 0 Å². The zero-order chi connectivity index (χ0) is 14.4. The molecule has 0 radical (unpaired) electrons. The second-order valence-electron chi connectivity index (χ2n) is 4.57. The maximum atomic E-state index is 12.0. The lowest BCUT2D eigenvalue weighted by molar-refractivity contribution is -0.145. The Morgan fingerprint density at radius 1 is 1.53 bits per heavy atom. The predicted molar refractivity (Wildman–Crippen MR) is 73.4 cm³/mol. The maximum Gasteiger partial charge on any atom is 0.330 e. The van der Waals surface area contributed by atoms with Gasteiger partial charge in [0, 0.05) is 20.2 Å². The van der Waals surface area contributed by atoms with E-state index in [0.717, 1.165) is 12.8 Å². The van der Waals surface area contributed by atoms with Crippen LogP contribution in [0.2, 0.25) is 0 Å². The molecule has 0 saturated carbocycles. The number of aromatic nitrogens is 2. The van der Waals surface area contributed by atoms with Gasteiger partial charge in [-0.05, 0) is 6.42 Å². The van der Waals surface area contributed by atoms with Gasteiger partial charge in [0.05, 0.1) is 19.0 Å². The highest BCUT2D eigenvalue weighted by Gasteiger charge is 2.22. The van der Waals surface area contributed by atoms with Crippen molar-refractivity contribution >= 4 is 11.7 Å². The van der Waals surface area contributed by atoms with E-state index in [0.29, 0.717) is 12.1 Å². The van der Waals surface area contributed by atoms with Crippen molar-refractivity contribution in [1.29, 1.82) is 0 Å². The molecule has 1 atom stereocenters. The molecule has 0 spiro atoms. The number of unbranched alkanes of at least 4 members (excludes halogenated alkanes) is 1. The van der Waals surface area contributed by atoms with E-state index in [2.05, 4.69) is 5.10 Å². The van der Waals surface area contributed by atoms with E-state index < -0.39 is 12.0 Å². The van der Waals surface area contributed by atoms with Crippen LogP contribution in [0.1, 0.15) is 32.2 Å². The molecule has 0 aromatic carbocycles. The molecule has 1 heterocycles. The van der Waals surface area contributed by atoms with Crippen LogP contribution in [0.4, 0.5) is 5.69 Å². The smallest absolute Gasteiger partial charge is 0.330 e. The minimum absolute atomic E-state index is 0.294. The summed E-state index contributed by atoms with van der Waals surface area (Å²) in [5.41, 5.74) is 0.415. The van der Waals surface area contributed by atoms with Crippen LogP contribution in [0.15, 0.2) is 17.1 Å². The van der Waals surface area contributed by atoms with Crippen LogP contribution in [0, 0.1) is 0 Å². The normalized spacial score (nSPS) is 12.0. The summed E-state index contributed by atoms with van der Waals surface area (Å²) in [7, 11) is 4.98. The molecule has 6 heteroatoms. The molecule has 106 valence electrons. The summed E-state index contributed by atoms with van der Waals surface area (Å²) in [5.74, 6) is -0.430. The van der Waals surface area contributed by atoms with Gasteiger partial charge in [0.25, 0.3) is 5.56 Å². The van der Waals surface area contributed by atoms with Crippen molar-refractivity contribution in [2.75, 3.05) is 26.1 Å². The first-order valence-electron chi connectivity index (χ1n) is 6.35. The lowest BCUT2D eigenvalue weighted by Gasteiger charge is -2.17. The molecular weight excluding hydrogens is 246 g/mol. The molecule has 0 aliphatic heterocycles. The molecule has 0 aliphatic rings. The number of hydrogen-bond donors (Lipinski definition) is 0. The summed E-state index contributed by atoms with van der Waals surface area (Å²) >= 11 is 0. The number of rotatable bonds is 6. The Balaban J connectivity index is 3.08. The van der Waals surface area contributed by atoms with Crippen molar-refractivity contribution in [3.05, 3.63) is 22.6 Å². The van der Waals surface area contributed by atoms with E-state index >= 15 is 0 Å². The van der Waals surface area contributed by atoms with Crippen LogP contribution in [0.5, 0.6) is 0 Å². The van der Waals surface area contributed by atoms with E-state index in [1.165, 1.54) is 17.9 Å². The van der Waals surface area contributed by atoms with Gasteiger partial charge in [0.2, 0.25) is 0 Å². The fraction of sp³-hybridized carbons (Fsp3) is 0.615. The Morgan fingerprint density at radius 3 is 2.68 bits per heavy atom. The van der Waals surface area contributed by atoms with Crippen molar-refractivity contribution < 1.29 is 9.53 Å². The number of nitrogens with zero attached hydrogens (tertiary/aromatic N) is 3. The SMILES string of the molecule is CCCC[C@H](C(=O)OC)n1ncc(N(C)C)cc1=O. The standard InChI is InChI=1S/C13H21N3O3/c1-5-6-7-11(13(18)19-4)16-12(17)8-10(9-14-16)15(2)3/h8-9,11H,5-7H2,1-4H3/t11-/m1/s1. The molecule has 0 N–H and O–H groups in total. The number of hydrogen-bond acceptors (Lipinski definition) is 5. The highest BCUT2D eigenvalue weighted by molar-refractivity contribution is 5.73. The second kappa shape index (κ2) is 6.92. The fourth-order valence-electron chi connectivity index (χ4n) is 1.76. The third kappa shape index (κ3) is 3.81. The van der Waals surface area contributed by atoms with Crippen LogP contribution in [-0.2, 0) is 9.53 Å². The first-order chi connectivity index (χ1) is 9.01. The first-order valence-corrected chi connectivity index (χ1v) is 6.35. The summed E-state index contributed by atoms with van der Waals surface area (Å²) in [4.78, 5) is 25.6. The molecular formula is C13H21N3O3.